The summed E-state index contributed by atoms with van der Waals surface area (Å²) in [5.41, 5.74) is 0.813. The quantitative estimate of drug-likeness (QED) is 0.802. The Hall–Kier alpha value is -1.26. The fourth-order valence-corrected chi connectivity index (χ4v) is 1.82. The third-order valence-corrected chi connectivity index (χ3v) is 3.00. The molecule has 20 heavy (non-hydrogen) atoms. The van der Waals surface area contributed by atoms with Crippen molar-refractivity contribution in [1.82, 2.24) is 4.90 Å². The lowest BCUT2D eigenvalue weighted by molar-refractivity contribution is -0.116. The second-order valence-corrected chi connectivity index (χ2v) is 4.28. The molecule has 0 bridgehead atoms. The molecule has 1 aromatic carbocycles. The lowest BCUT2D eigenvalue weighted by Crippen LogP contribution is -2.27. The maximum Gasteiger partial charge on any atom is 0.225 e. The highest BCUT2D eigenvalue weighted by atomic mass is 35.5. The number of ether oxygens (including phenoxy) is 1. The topological polar surface area (TPSA) is 41.6 Å². The van der Waals surface area contributed by atoms with Gasteiger partial charge in [-0.05, 0) is 44.3 Å². The van der Waals surface area contributed by atoms with Crippen molar-refractivity contribution in [3.63, 3.8) is 0 Å². The van der Waals surface area contributed by atoms with E-state index in [4.69, 9.17) is 4.74 Å². The van der Waals surface area contributed by atoms with Crippen LogP contribution in [0.3, 0.4) is 0 Å². The predicted octanol–water partition coefficient (Wildman–Crippen LogP) is 3.18. The SMILES string of the molecule is CCOc1ccc(NC(=O)CCN(CC)CC)cc1.Cl. The molecular formula is C15H25ClN2O2. The predicted molar refractivity (Wildman–Crippen MR) is 85.9 cm³/mol. The average Bonchev–Trinajstić information content (AvgIpc) is 2.42. The second-order valence-electron chi connectivity index (χ2n) is 4.28. The van der Waals surface area contributed by atoms with Crippen LogP contribution in [0.2, 0.25) is 0 Å². The first kappa shape index (κ1) is 18.7. The van der Waals surface area contributed by atoms with Crippen molar-refractivity contribution < 1.29 is 9.53 Å². The molecule has 0 aliphatic heterocycles. The summed E-state index contributed by atoms with van der Waals surface area (Å²) in [7, 11) is 0. The minimum Gasteiger partial charge on any atom is -0.494 e. The number of hydrogen-bond acceptors (Lipinski definition) is 3. The first-order valence-electron chi connectivity index (χ1n) is 6.94. The minimum atomic E-state index is 0. The number of amides is 1. The molecule has 0 unspecified atom stereocenters. The highest BCUT2D eigenvalue weighted by Gasteiger charge is 2.05. The van der Waals surface area contributed by atoms with Gasteiger partial charge in [0.05, 0.1) is 6.61 Å². The van der Waals surface area contributed by atoms with Gasteiger partial charge in [-0.1, -0.05) is 13.8 Å². The van der Waals surface area contributed by atoms with E-state index in [-0.39, 0.29) is 18.3 Å². The maximum atomic E-state index is 11.8. The Labute approximate surface area is 127 Å². The number of nitrogens with zero attached hydrogens (tertiary/aromatic N) is 1. The van der Waals surface area contributed by atoms with E-state index in [1.54, 1.807) is 0 Å². The van der Waals surface area contributed by atoms with Crippen LogP contribution in [0.1, 0.15) is 27.2 Å². The summed E-state index contributed by atoms with van der Waals surface area (Å²) in [6.45, 7) is 9.57. The fourth-order valence-electron chi connectivity index (χ4n) is 1.82. The van der Waals surface area contributed by atoms with Crippen molar-refractivity contribution in [2.45, 2.75) is 27.2 Å². The molecule has 1 N–H and O–H groups in total. The maximum absolute atomic E-state index is 11.8. The van der Waals surface area contributed by atoms with Crippen LogP contribution in [-0.2, 0) is 4.79 Å². The molecule has 114 valence electrons. The van der Waals surface area contributed by atoms with Crippen molar-refractivity contribution in [1.29, 1.82) is 0 Å². The Morgan fingerprint density at radius 2 is 1.75 bits per heavy atom. The van der Waals surface area contributed by atoms with E-state index >= 15 is 0 Å². The van der Waals surface area contributed by atoms with Gasteiger partial charge >= 0.3 is 0 Å². The molecule has 5 heteroatoms. The van der Waals surface area contributed by atoms with E-state index in [0.717, 1.165) is 31.1 Å². The summed E-state index contributed by atoms with van der Waals surface area (Å²) in [5.74, 6) is 0.875. The summed E-state index contributed by atoms with van der Waals surface area (Å²) in [5, 5.41) is 2.89. The van der Waals surface area contributed by atoms with Crippen molar-refractivity contribution in [2.75, 3.05) is 31.6 Å². The molecule has 4 nitrogen and oxygen atoms in total. The van der Waals surface area contributed by atoms with Gasteiger partial charge in [0.2, 0.25) is 5.91 Å². The molecule has 0 saturated carbocycles. The van der Waals surface area contributed by atoms with E-state index in [2.05, 4.69) is 24.1 Å². The van der Waals surface area contributed by atoms with Gasteiger partial charge in [-0.15, -0.1) is 12.4 Å². The Balaban J connectivity index is 0.00000361. The van der Waals surface area contributed by atoms with Gasteiger partial charge in [-0.3, -0.25) is 4.79 Å². The van der Waals surface area contributed by atoms with Crippen LogP contribution in [0, 0.1) is 0 Å². The monoisotopic (exact) mass is 300 g/mol. The molecule has 1 rings (SSSR count). The summed E-state index contributed by atoms with van der Waals surface area (Å²) in [4.78, 5) is 14.0. The van der Waals surface area contributed by atoms with Gasteiger partial charge in [0.1, 0.15) is 5.75 Å². The van der Waals surface area contributed by atoms with Crippen LogP contribution >= 0.6 is 12.4 Å². The van der Waals surface area contributed by atoms with E-state index in [1.165, 1.54) is 0 Å². The zero-order valence-corrected chi connectivity index (χ0v) is 13.3. The molecule has 0 fully saturated rings. The molecule has 0 aromatic heterocycles. The van der Waals surface area contributed by atoms with Crippen LogP contribution in [0.15, 0.2) is 24.3 Å². The van der Waals surface area contributed by atoms with E-state index in [9.17, 15) is 4.79 Å². The number of carbonyl (C=O) groups excluding carboxylic acids is 1. The van der Waals surface area contributed by atoms with Crippen molar-refractivity contribution in [2.24, 2.45) is 0 Å². The highest BCUT2D eigenvalue weighted by molar-refractivity contribution is 5.90. The number of benzene rings is 1. The fraction of sp³-hybridized carbons (Fsp3) is 0.533. The summed E-state index contributed by atoms with van der Waals surface area (Å²) in [6, 6.07) is 7.45. The zero-order valence-electron chi connectivity index (χ0n) is 12.5. The Morgan fingerprint density at radius 1 is 1.15 bits per heavy atom. The number of rotatable bonds is 8. The Bertz CT molecular complexity index is 378. The van der Waals surface area contributed by atoms with Crippen LogP contribution < -0.4 is 10.1 Å². The number of halogens is 1. The molecule has 0 aliphatic rings. The van der Waals surface area contributed by atoms with E-state index in [0.29, 0.717) is 13.0 Å². The summed E-state index contributed by atoms with van der Waals surface area (Å²) in [6.07, 6.45) is 0.523. The second kappa shape index (κ2) is 10.5. The number of anilines is 1. The number of carbonyl (C=O) groups is 1. The molecule has 0 radical (unpaired) electrons. The lowest BCUT2D eigenvalue weighted by Gasteiger charge is -2.17. The zero-order chi connectivity index (χ0) is 14.1. The molecular weight excluding hydrogens is 276 g/mol. The first-order chi connectivity index (χ1) is 9.19. The Morgan fingerprint density at radius 3 is 2.25 bits per heavy atom. The van der Waals surface area contributed by atoms with Gasteiger partial charge in [0, 0.05) is 18.7 Å². The van der Waals surface area contributed by atoms with Crippen molar-refractivity contribution >= 4 is 24.0 Å². The molecule has 0 saturated heterocycles. The van der Waals surface area contributed by atoms with Gasteiger partial charge in [0.25, 0.3) is 0 Å². The molecule has 1 aromatic rings. The summed E-state index contributed by atoms with van der Waals surface area (Å²) >= 11 is 0. The third-order valence-electron chi connectivity index (χ3n) is 3.00. The molecule has 0 aliphatic carbocycles. The summed E-state index contributed by atoms with van der Waals surface area (Å²) < 4.78 is 5.35. The first-order valence-corrected chi connectivity index (χ1v) is 6.94. The molecule has 1 amide bonds. The average molecular weight is 301 g/mol. The van der Waals surface area contributed by atoms with Crippen LogP contribution in [0.25, 0.3) is 0 Å². The van der Waals surface area contributed by atoms with Gasteiger partial charge in [-0.25, -0.2) is 0 Å². The van der Waals surface area contributed by atoms with E-state index < -0.39 is 0 Å². The van der Waals surface area contributed by atoms with Gasteiger partial charge in [0.15, 0.2) is 0 Å². The van der Waals surface area contributed by atoms with E-state index in [1.807, 2.05) is 31.2 Å². The minimum absolute atomic E-state index is 0. The normalized spacial score (nSPS) is 10.0. The third kappa shape index (κ3) is 6.78. The highest BCUT2D eigenvalue weighted by Crippen LogP contribution is 2.15. The largest absolute Gasteiger partial charge is 0.494 e. The van der Waals surface area contributed by atoms with Gasteiger partial charge < -0.3 is 15.0 Å². The van der Waals surface area contributed by atoms with Crippen LogP contribution in [0.4, 0.5) is 5.69 Å². The van der Waals surface area contributed by atoms with Gasteiger partial charge in [-0.2, -0.15) is 0 Å². The standard InChI is InChI=1S/C15H24N2O2.ClH/c1-4-17(5-2)12-11-15(18)16-13-7-9-14(10-8-13)19-6-3;/h7-10H,4-6,11-12H2,1-3H3,(H,16,18);1H. The van der Waals surface area contributed by atoms with Crippen molar-refractivity contribution in [3.05, 3.63) is 24.3 Å². The lowest BCUT2D eigenvalue weighted by atomic mass is 10.3. The molecule has 0 heterocycles. The number of nitrogens with one attached hydrogen (secondary N) is 1. The Kier molecular flexibility index (Phi) is 9.86. The number of hydrogen-bond donors (Lipinski definition) is 1. The van der Waals surface area contributed by atoms with Crippen molar-refractivity contribution in [3.8, 4) is 5.75 Å². The van der Waals surface area contributed by atoms with Crippen LogP contribution in [-0.4, -0.2) is 37.0 Å². The smallest absolute Gasteiger partial charge is 0.225 e. The van der Waals surface area contributed by atoms with Crippen LogP contribution in [0.5, 0.6) is 5.75 Å². The molecule has 0 atom stereocenters. The molecule has 0 spiro atoms.